The molecule has 3 heterocycles. The number of halogens is 1. The Balaban J connectivity index is 1.99. The van der Waals surface area contributed by atoms with E-state index in [9.17, 15) is 9.90 Å². The third kappa shape index (κ3) is 3.94. The molecule has 0 saturated carbocycles. The molecule has 0 bridgehead atoms. The van der Waals surface area contributed by atoms with Crippen LogP contribution in [0.3, 0.4) is 0 Å². The normalized spacial score (nSPS) is 16.0. The van der Waals surface area contributed by atoms with Gasteiger partial charge in [-0.3, -0.25) is 4.79 Å². The van der Waals surface area contributed by atoms with Gasteiger partial charge in [-0.15, -0.1) is 0 Å². The summed E-state index contributed by atoms with van der Waals surface area (Å²) >= 11 is 6.07. The average Bonchev–Trinajstić information content (AvgIpc) is 3.15. The minimum absolute atomic E-state index is 0.123. The highest BCUT2D eigenvalue weighted by atomic mass is 35.5. The van der Waals surface area contributed by atoms with Crippen LogP contribution in [0.5, 0.6) is 0 Å². The van der Waals surface area contributed by atoms with Crippen LogP contribution in [0.2, 0.25) is 5.02 Å². The molecule has 2 N–H and O–H groups in total. The summed E-state index contributed by atoms with van der Waals surface area (Å²) in [6.45, 7) is 3.18. The zero-order valence-electron chi connectivity index (χ0n) is 16.0. The lowest BCUT2D eigenvalue weighted by Crippen LogP contribution is -2.31. The van der Waals surface area contributed by atoms with E-state index in [1.165, 1.54) is 17.9 Å². The number of piperidine rings is 1. The quantitative estimate of drug-likeness (QED) is 0.685. The van der Waals surface area contributed by atoms with Gasteiger partial charge in [-0.25, -0.2) is 14.6 Å². The van der Waals surface area contributed by atoms with Gasteiger partial charge in [0.1, 0.15) is 18.1 Å². The van der Waals surface area contributed by atoms with Gasteiger partial charge < -0.3 is 10.4 Å². The number of benzene rings is 1. The molecule has 29 heavy (non-hydrogen) atoms. The minimum Gasteiger partial charge on any atom is -0.383 e. The van der Waals surface area contributed by atoms with Crippen molar-refractivity contribution in [3.05, 3.63) is 53.6 Å². The maximum atomic E-state index is 12.9. The first-order valence-electron chi connectivity index (χ1n) is 9.64. The van der Waals surface area contributed by atoms with Gasteiger partial charge in [-0.1, -0.05) is 23.7 Å². The molecule has 1 aliphatic rings. The summed E-state index contributed by atoms with van der Waals surface area (Å²) in [6.07, 6.45) is 3.75. The molecule has 1 atom stereocenters. The van der Waals surface area contributed by atoms with E-state index in [1.807, 2.05) is 18.2 Å². The van der Waals surface area contributed by atoms with Crippen LogP contribution in [0.15, 0.2) is 42.9 Å². The number of aromatic nitrogens is 4. The van der Waals surface area contributed by atoms with E-state index in [2.05, 4.69) is 20.4 Å². The van der Waals surface area contributed by atoms with Gasteiger partial charge in [0, 0.05) is 22.7 Å². The van der Waals surface area contributed by atoms with Crippen LogP contribution in [0.4, 0.5) is 0 Å². The fourth-order valence-electron chi connectivity index (χ4n) is 3.75. The molecule has 1 aliphatic heterocycles. The second kappa shape index (κ2) is 8.41. The number of hydrogen-bond donors (Lipinski definition) is 2. The zero-order chi connectivity index (χ0) is 20.4. The van der Waals surface area contributed by atoms with Gasteiger partial charge >= 0.3 is 0 Å². The van der Waals surface area contributed by atoms with E-state index in [0.717, 1.165) is 42.8 Å². The van der Waals surface area contributed by atoms with Crippen molar-refractivity contribution in [2.75, 3.05) is 13.1 Å². The molecule has 4 rings (SSSR count). The number of aliphatic hydroxyl groups is 1. The number of nitrogens with one attached hydrogen (secondary N) is 1. The molecule has 0 aliphatic carbocycles. The number of aliphatic hydroxyl groups excluding tert-OH is 1. The number of hydrogen-bond acceptors (Lipinski definition) is 6. The zero-order valence-corrected chi connectivity index (χ0v) is 16.8. The molecule has 0 amide bonds. The molecule has 1 aromatic carbocycles. The Labute approximate surface area is 173 Å². The lowest BCUT2D eigenvalue weighted by atomic mass is 9.89. The average molecular weight is 412 g/mol. The predicted molar refractivity (Wildman–Crippen MR) is 111 cm³/mol. The van der Waals surface area contributed by atoms with Gasteiger partial charge in [0.25, 0.3) is 5.91 Å². The lowest BCUT2D eigenvalue weighted by molar-refractivity contribution is 0.0663. The molecule has 8 heteroatoms. The largest absolute Gasteiger partial charge is 0.383 e. The molecular weight excluding hydrogens is 390 g/mol. The SMILES string of the molecule is C[C@H](O)C(=O)n1nc(-c2ccc(Cl)cc2)c(-c2ccncn2)c1C1CCNCC1. The lowest BCUT2D eigenvalue weighted by Gasteiger charge is -2.24. The molecular formula is C21H22ClN5O2. The Morgan fingerprint density at radius 2 is 1.97 bits per heavy atom. The molecule has 7 nitrogen and oxygen atoms in total. The highest BCUT2D eigenvalue weighted by Crippen LogP contribution is 2.40. The topological polar surface area (TPSA) is 92.9 Å². The highest BCUT2D eigenvalue weighted by molar-refractivity contribution is 6.30. The Morgan fingerprint density at radius 1 is 1.24 bits per heavy atom. The molecule has 150 valence electrons. The first-order chi connectivity index (χ1) is 14.1. The van der Waals surface area contributed by atoms with Crippen LogP contribution in [-0.2, 0) is 0 Å². The Bertz CT molecular complexity index is 996. The number of carbonyl (C=O) groups is 1. The van der Waals surface area contributed by atoms with Crippen LogP contribution in [0, 0.1) is 0 Å². The maximum Gasteiger partial charge on any atom is 0.275 e. The third-order valence-corrected chi connectivity index (χ3v) is 5.42. The maximum absolute atomic E-state index is 12.9. The van der Waals surface area contributed by atoms with Crippen molar-refractivity contribution in [2.24, 2.45) is 0 Å². The number of rotatable bonds is 4. The molecule has 1 saturated heterocycles. The smallest absolute Gasteiger partial charge is 0.275 e. The van der Waals surface area contributed by atoms with Gasteiger partial charge in [-0.05, 0) is 51.1 Å². The van der Waals surface area contributed by atoms with Crippen LogP contribution in [0.25, 0.3) is 22.5 Å². The molecule has 1 fully saturated rings. The summed E-state index contributed by atoms with van der Waals surface area (Å²) in [7, 11) is 0. The standard InChI is InChI=1S/C21H22ClN5O2/c1-13(28)21(29)27-20(15-6-9-23-10-7-15)18(17-8-11-24-12-25-17)19(26-27)14-2-4-16(22)5-3-14/h2-5,8,11-13,15,23,28H,6-7,9-10H2,1H3/t13-/m0/s1. The van der Waals surface area contributed by atoms with Crippen molar-refractivity contribution in [3.63, 3.8) is 0 Å². The van der Waals surface area contributed by atoms with Crippen molar-refractivity contribution >= 4 is 17.5 Å². The van der Waals surface area contributed by atoms with Crippen molar-refractivity contribution in [2.45, 2.75) is 31.8 Å². The second-order valence-corrected chi connectivity index (χ2v) is 7.60. The van der Waals surface area contributed by atoms with E-state index in [0.29, 0.717) is 16.4 Å². The van der Waals surface area contributed by atoms with Crippen molar-refractivity contribution in [1.82, 2.24) is 25.1 Å². The summed E-state index contributed by atoms with van der Waals surface area (Å²) in [5.41, 5.74) is 3.76. The molecule has 3 aromatic rings. The van der Waals surface area contributed by atoms with Crippen LogP contribution >= 0.6 is 11.6 Å². The van der Waals surface area contributed by atoms with E-state index in [-0.39, 0.29) is 5.92 Å². The predicted octanol–water partition coefficient (Wildman–Crippen LogP) is 3.15. The summed E-state index contributed by atoms with van der Waals surface area (Å²) < 4.78 is 1.38. The van der Waals surface area contributed by atoms with Gasteiger partial charge in [0.15, 0.2) is 0 Å². The van der Waals surface area contributed by atoms with Crippen LogP contribution < -0.4 is 5.32 Å². The Kier molecular flexibility index (Phi) is 5.71. The number of nitrogens with zero attached hydrogens (tertiary/aromatic N) is 4. The van der Waals surface area contributed by atoms with Gasteiger partial charge in [0.2, 0.25) is 0 Å². The van der Waals surface area contributed by atoms with Crippen molar-refractivity contribution < 1.29 is 9.90 Å². The fourth-order valence-corrected chi connectivity index (χ4v) is 3.88. The van der Waals surface area contributed by atoms with Gasteiger partial charge in [0.05, 0.1) is 17.0 Å². The highest BCUT2D eigenvalue weighted by Gasteiger charge is 2.31. The summed E-state index contributed by atoms with van der Waals surface area (Å²) in [6, 6.07) is 9.15. The number of carbonyl (C=O) groups excluding carboxylic acids is 1. The molecule has 2 aromatic heterocycles. The Hall–Kier alpha value is -2.61. The summed E-state index contributed by atoms with van der Waals surface area (Å²) in [4.78, 5) is 21.3. The molecule has 0 spiro atoms. The fraction of sp³-hybridized carbons (Fsp3) is 0.333. The minimum atomic E-state index is -1.16. The van der Waals surface area contributed by atoms with E-state index in [1.54, 1.807) is 18.3 Å². The van der Waals surface area contributed by atoms with E-state index < -0.39 is 12.0 Å². The molecule has 0 unspecified atom stereocenters. The first-order valence-corrected chi connectivity index (χ1v) is 10.0. The summed E-state index contributed by atoms with van der Waals surface area (Å²) in [5, 5.41) is 18.7. The van der Waals surface area contributed by atoms with Crippen molar-refractivity contribution in [3.8, 4) is 22.5 Å². The summed E-state index contributed by atoms with van der Waals surface area (Å²) in [5.74, 6) is -0.327. The van der Waals surface area contributed by atoms with Crippen molar-refractivity contribution in [1.29, 1.82) is 0 Å². The second-order valence-electron chi connectivity index (χ2n) is 7.16. The first kappa shape index (κ1) is 19.7. The van der Waals surface area contributed by atoms with Gasteiger partial charge in [-0.2, -0.15) is 5.10 Å². The molecule has 0 radical (unpaired) electrons. The van der Waals surface area contributed by atoms with E-state index >= 15 is 0 Å². The monoisotopic (exact) mass is 411 g/mol. The van der Waals surface area contributed by atoms with E-state index in [4.69, 9.17) is 11.6 Å². The van der Waals surface area contributed by atoms with Crippen LogP contribution in [0.1, 0.15) is 36.2 Å². The Morgan fingerprint density at radius 3 is 2.59 bits per heavy atom. The third-order valence-electron chi connectivity index (χ3n) is 5.17. The van der Waals surface area contributed by atoms with Crippen LogP contribution in [-0.4, -0.2) is 50.0 Å².